The van der Waals surface area contributed by atoms with Gasteiger partial charge in [0.05, 0.1) is 6.54 Å². The zero-order chi connectivity index (χ0) is 15.5. The van der Waals surface area contributed by atoms with Crippen molar-refractivity contribution in [1.82, 2.24) is 4.90 Å². The average Bonchev–Trinajstić information content (AvgIpc) is 2.93. The molecule has 2 aromatic carbocycles. The van der Waals surface area contributed by atoms with Crippen LogP contribution in [0.2, 0.25) is 0 Å². The highest BCUT2D eigenvalue weighted by Gasteiger charge is 2.26. The van der Waals surface area contributed by atoms with Crippen LogP contribution in [0.1, 0.15) is 23.6 Å². The van der Waals surface area contributed by atoms with Crippen LogP contribution in [-0.2, 0) is 11.2 Å². The number of carbonyl (C=O) groups excluding carboxylic acids is 1. The van der Waals surface area contributed by atoms with Crippen molar-refractivity contribution in [2.45, 2.75) is 18.9 Å². The van der Waals surface area contributed by atoms with E-state index in [9.17, 15) is 9.18 Å². The van der Waals surface area contributed by atoms with E-state index in [1.165, 1.54) is 23.3 Å². The topological polar surface area (TPSA) is 32.3 Å². The summed E-state index contributed by atoms with van der Waals surface area (Å²) in [5.41, 5.74) is 3.31. The van der Waals surface area contributed by atoms with Crippen LogP contribution < -0.4 is 5.32 Å². The molecule has 1 atom stereocenters. The maximum Gasteiger partial charge on any atom is 0.238 e. The number of aryl methyl sites for hydroxylation is 1. The first kappa shape index (κ1) is 14.7. The Labute approximate surface area is 129 Å². The molecule has 114 valence electrons. The molecular formula is C18H19FN2O. The van der Waals surface area contributed by atoms with Crippen LogP contribution in [-0.4, -0.2) is 24.4 Å². The van der Waals surface area contributed by atoms with E-state index in [2.05, 4.69) is 28.4 Å². The minimum Gasteiger partial charge on any atom is -0.325 e. The van der Waals surface area contributed by atoms with Gasteiger partial charge in [0.15, 0.2) is 0 Å². The van der Waals surface area contributed by atoms with Gasteiger partial charge in [-0.1, -0.05) is 24.3 Å². The fourth-order valence-corrected chi connectivity index (χ4v) is 3.06. The van der Waals surface area contributed by atoms with Crippen molar-refractivity contribution in [3.05, 3.63) is 65.5 Å². The Hall–Kier alpha value is -2.20. The van der Waals surface area contributed by atoms with E-state index < -0.39 is 0 Å². The molecule has 1 unspecified atom stereocenters. The molecule has 0 spiro atoms. The number of benzene rings is 2. The monoisotopic (exact) mass is 298 g/mol. The molecule has 0 radical (unpaired) electrons. The molecule has 0 aliphatic heterocycles. The van der Waals surface area contributed by atoms with E-state index in [1.807, 2.05) is 13.1 Å². The quantitative estimate of drug-likeness (QED) is 0.938. The van der Waals surface area contributed by atoms with Crippen LogP contribution in [0.5, 0.6) is 0 Å². The van der Waals surface area contributed by atoms with E-state index in [0.29, 0.717) is 12.2 Å². The fraction of sp³-hybridized carbons (Fsp3) is 0.278. The van der Waals surface area contributed by atoms with Gasteiger partial charge in [-0.25, -0.2) is 4.39 Å². The summed E-state index contributed by atoms with van der Waals surface area (Å²) in [6.45, 7) is 0.316. The zero-order valence-corrected chi connectivity index (χ0v) is 12.6. The Morgan fingerprint density at radius 3 is 2.73 bits per heavy atom. The number of amides is 1. The van der Waals surface area contributed by atoms with Gasteiger partial charge in [0.2, 0.25) is 5.91 Å². The minimum absolute atomic E-state index is 0.0847. The Kier molecular flexibility index (Phi) is 4.20. The molecule has 3 nitrogen and oxygen atoms in total. The summed E-state index contributed by atoms with van der Waals surface area (Å²) in [5.74, 6) is -0.392. The van der Waals surface area contributed by atoms with E-state index in [4.69, 9.17) is 0 Å². The third-order valence-electron chi connectivity index (χ3n) is 4.15. The molecule has 0 bridgehead atoms. The molecule has 4 heteroatoms. The Balaban J connectivity index is 1.61. The lowest BCUT2D eigenvalue weighted by molar-refractivity contribution is -0.117. The summed E-state index contributed by atoms with van der Waals surface area (Å²) in [6.07, 6.45) is 2.10. The van der Waals surface area contributed by atoms with Crippen LogP contribution in [0, 0.1) is 5.82 Å². The largest absolute Gasteiger partial charge is 0.325 e. The second kappa shape index (κ2) is 6.28. The van der Waals surface area contributed by atoms with Crippen LogP contribution in [0.15, 0.2) is 48.5 Å². The molecule has 0 aromatic heterocycles. The van der Waals surface area contributed by atoms with Gasteiger partial charge in [0, 0.05) is 11.7 Å². The molecule has 0 fully saturated rings. The number of nitrogens with zero attached hydrogens (tertiary/aromatic N) is 1. The predicted octanol–water partition coefficient (Wildman–Crippen LogP) is 3.38. The normalized spacial score (nSPS) is 16.6. The van der Waals surface area contributed by atoms with Crippen LogP contribution in [0.3, 0.4) is 0 Å². The number of hydrogen-bond donors (Lipinski definition) is 1. The molecule has 1 N–H and O–H groups in total. The van der Waals surface area contributed by atoms with Gasteiger partial charge in [-0.2, -0.15) is 0 Å². The van der Waals surface area contributed by atoms with Crippen LogP contribution in [0.4, 0.5) is 10.1 Å². The molecule has 2 aromatic rings. The Bertz CT molecular complexity index is 669. The first-order valence-corrected chi connectivity index (χ1v) is 7.47. The van der Waals surface area contributed by atoms with E-state index >= 15 is 0 Å². The smallest absolute Gasteiger partial charge is 0.238 e. The number of anilines is 1. The number of hydrogen-bond acceptors (Lipinski definition) is 2. The predicted molar refractivity (Wildman–Crippen MR) is 85.2 cm³/mol. The zero-order valence-electron chi connectivity index (χ0n) is 12.6. The van der Waals surface area contributed by atoms with Crippen molar-refractivity contribution in [2.75, 3.05) is 18.9 Å². The second-order valence-electron chi connectivity index (χ2n) is 5.72. The van der Waals surface area contributed by atoms with Gasteiger partial charge in [0.1, 0.15) is 5.82 Å². The number of fused-ring (bicyclic) bond motifs is 1. The van der Waals surface area contributed by atoms with E-state index in [-0.39, 0.29) is 17.8 Å². The molecule has 1 amide bonds. The highest BCUT2D eigenvalue weighted by atomic mass is 19.1. The van der Waals surface area contributed by atoms with Crippen molar-refractivity contribution < 1.29 is 9.18 Å². The van der Waals surface area contributed by atoms with Crippen LogP contribution >= 0.6 is 0 Å². The number of rotatable bonds is 4. The van der Waals surface area contributed by atoms with Gasteiger partial charge in [-0.05, 0) is 55.3 Å². The molecule has 1 aliphatic carbocycles. The first-order valence-electron chi connectivity index (χ1n) is 7.47. The van der Waals surface area contributed by atoms with Gasteiger partial charge in [-0.15, -0.1) is 0 Å². The lowest BCUT2D eigenvalue weighted by Gasteiger charge is -2.24. The third kappa shape index (κ3) is 3.17. The van der Waals surface area contributed by atoms with Crippen molar-refractivity contribution in [3.63, 3.8) is 0 Å². The van der Waals surface area contributed by atoms with Crippen LogP contribution in [0.25, 0.3) is 0 Å². The number of halogens is 1. The molecule has 0 heterocycles. The highest BCUT2D eigenvalue weighted by molar-refractivity contribution is 5.92. The summed E-state index contributed by atoms with van der Waals surface area (Å²) in [7, 11) is 1.97. The van der Waals surface area contributed by atoms with Crippen molar-refractivity contribution in [2.24, 2.45) is 0 Å². The number of nitrogens with one attached hydrogen (secondary N) is 1. The third-order valence-corrected chi connectivity index (χ3v) is 4.15. The second-order valence-corrected chi connectivity index (χ2v) is 5.72. The SMILES string of the molecule is CN(CC(=O)Nc1ccc(F)cc1)C1CCc2ccccc21. The maximum atomic E-state index is 12.9. The van der Waals surface area contributed by atoms with Gasteiger partial charge in [-0.3, -0.25) is 9.69 Å². The summed E-state index contributed by atoms with van der Waals surface area (Å²) in [6, 6.07) is 14.5. The Morgan fingerprint density at radius 1 is 1.23 bits per heavy atom. The molecule has 0 saturated heterocycles. The van der Waals surface area contributed by atoms with Gasteiger partial charge >= 0.3 is 0 Å². The summed E-state index contributed by atoms with van der Waals surface area (Å²) < 4.78 is 12.9. The highest BCUT2D eigenvalue weighted by Crippen LogP contribution is 2.34. The van der Waals surface area contributed by atoms with Gasteiger partial charge in [0.25, 0.3) is 0 Å². The maximum absolute atomic E-state index is 12.9. The molecule has 22 heavy (non-hydrogen) atoms. The number of carbonyl (C=O) groups is 1. The summed E-state index contributed by atoms with van der Waals surface area (Å²) in [5, 5.41) is 2.80. The molecule has 1 aliphatic rings. The Morgan fingerprint density at radius 2 is 1.95 bits per heavy atom. The van der Waals surface area contributed by atoms with E-state index in [0.717, 1.165) is 12.8 Å². The standard InChI is InChI=1S/C18H19FN2O/c1-21(17-11-6-13-4-2-3-5-16(13)17)12-18(22)20-15-9-7-14(19)8-10-15/h2-5,7-10,17H,6,11-12H2,1H3,(H,20,22). The van der Waals surface area contributed by atoms with Crippen molar-refractivity contribution >= 4 is 11.6 Å². The first-order chi connectivity index (χ1) is 10.6. The average molecular weight is 298 g/mol. The van der Waals surface area contributed by atoms with Crippen molar-refractivity contribution in [1.29, 1.82) is 0 Å². The molecule has 0 saturated carbocycles. The summed E-state index contributed by atoms with van der Waals surface area (Å²) in [4.78, 5) is 14.2. The lowest BCUT2D eigenvalue weighted by atomic mass is 10.1. The minimum atomic E-state index is -0.308. The van der Waals surface area contributed by atoms with Crippen molar-refractivity contribution in [3.8, 4) is 0 Å². The fourth-order valence-electron chi connectivity index (χ4n) is 3.06. The van der Waals surface area contributed by atoms with E-state index in [1.54, 1.807) is 12.1 Å². The number of likely N-dealkylation sites (N-methyl/N-ethyl adjacent to an activating group) is 1. The van der Waals surface area contributed by atoms with Gasteiger partial charge < -0.3 is 5.32 Å². The summed E-state index contributed by atoms with van der Waals surface area (Å²) >= 11 is 0. The lowest BCUT2D eigenvalue weighted by Crippen LogP contribution is -2.32. The molecular weight excluding hydrogens is 279 g/mol. The molecule has 3 rings (SSSR count).